The molecule has 19 heavy (non-hydrogen) atoms. The first-order valence-corrected chi connectivity index (χ1v) is 7.93. The van der Waals surface area contributed by atoms with E-state index in [-0.39, 0.29) is 5.54 Å². The standard InChI is InChI=1S/C16H30N2O/c1-12(2)13-5-7-14(8-6-13)15(19)18-10-9-17-16(3,4)11-18/h12-14,17H,5-11H2,1-4H3. The van der Waals surface area contributed by atoms with Crippen LogP contribution in [0.2, 0.25) is 0 Å². The highest BCUT2D eigenvalue weighted by Crippen LogP contribution is 2.34. The van der Waals surface area contributed by atoms with Crippen LogP contribution >= 0.6 is 0 Å². The molecule has 0 unspecified atom stereocenters. The summed E-state index contributed by atoms with van der Waals surface area (Å²) in [6.45, 7) is 11.7. The molecule has 1 saturated heterocycles. The van der Waals surface area contributed by atoms with Crippen molar-refractivity contribution in [1.82, 2.24) is 10.2 Å². The zero-order valence-electron chi connectivity index (χ0n) is 13.0. The Morgan fingerprint density at radius 1 is 1.21 bits per heavy atom. The summed E-state index contributed by atoms with van der Waals surface area (Å²) in [5.41, 5.74) is 0.0725. The Morgan fingerprint density at radius 2 is 1.84 bits per heavy atom. The number of carbonyl (C=O) groups is 1. The molecule has 0 radical (unpaired) electrons. The Bertz CT molecular complexity index is 317. The van der Waals surface area contributed by atoms with Crippen molar-refractivity contribution in [1.29, 1.82) is 0 Å². The molecule has 1 N–H and O–H groups in total. The molecule has 1 aliphatic carbocycles. The first-order chi connectivity index (χ1) is 8.89. The molecule has 1 aliphatic heterocycles. The fourth-order valence-corrected chi connectivity index (χ4v) is 3.62. The van der Waals surface area contributed by atoms with Gasteiger partial charge in [0.2, 0.25) is 5.91 Å². The average Bonchev–Trinajstić information content (AvgIpc) is 2.37. The summed E-state index contributed by atoms with van der Waals surface area (Å²) >= 11 is 0. The Kier molecular flexibility index (Phi) is 4.54. The molecule has 0 aromatic rings. The van der Waals surface area contributed by atoms with Crippen LogP contribution < -0.4 is 5.32 Å². The van der Waals surface area contributed by atoms with E-state index in [1.807, 2.05) is 0 Å². The van der Waals surface area contributed by atoms with Gasteiger partial charge in [0.05, 0.1) is 0 Å². The SMILES string of the molecule is CC(C)C1CCC(C(=O)N2CCNC(C)(C)C2)CC1. The minimum atomic E-state index is 0.0725. The Morgan fingerprint density at radius 3 is 2.37 bits per heavy atom. The molecule has 3 nitrogen and oxygen atoms in total. The van der Waals surface area contributed by atoms with Crippen molar-refractivity contribution in [3.8, 4) is 0 Å². The Labute approximate surface area is 118 Å². The van der Waals surface area contributed by atoms with Gasteiger partial charge in [0, 0.05) is 31.1 Å². The third kappa shape index (κ3) is 3.71. The zero-order valence-corrected chi connectivity index (χ0v) is 13.0. The summed E-state index contributed by atoms with van der Waals surface area (Å²) in [7, 11) is 0. The maximum Gasteiger partial charge on any atom is 0.225 e. The molecule has 2 aliphatic rings. The quantitative estimate of drug-likeness (QED) is 0.833. The van der Waals surface area contributed by atoms with E-state index in [0.717, 1.165) is 44.3 Å². The largest absolute Gasteiger partial charge is 0.339 e. The van der Waals surface area contributed by atoms with Gasteiger partial charge in [-0.1, -0.05) is 13.8 Å². The zero-order chi connectivity index (χ0) is 14.0. The predicted molar refractivity (Wildman–Crippen MR) is 78.9 cm³/mol. The number of nitrogens with one attached hydrogen (secondary N) is 1. The fourth-order valence-electron chi connectivity index (χ4n) is 3.62. The van der Waals surface area contributed by atoms with Crippen LogP contribution in [0.5, 0.6) is 0 Å². The molecule has 1 amide bonds. The number of rotatable bonds is 2. The fraction of sp³-hybridized carbons (Fsp3) is 0.938. The van der Waals surface area contributed by atoms with Gasteiger partial charge in [-0.05, 0) is 51.4 Å². The normalized spacial score (nSPS) is 31.5. The van der Waals surface area contributed by atoms with Gasteiger partial charge in [-0.15, -0.1) is 0 Å². The highest BCUT2D eigenvalue weighted by molar-refractivity contribution is 5.79. The lowest BCUT2D eigenvalue weighted by Gasteiger charge is -2.41. The minimum Gasteiger partial charge on any atom is -0.339 e. The number of piperazine rings is 1. The highest BCUT2D eigenvalue weighted by atomic mass is 16.2. The third-order valence-corrected chi connectivity index (χ3v) is 4.95. The van der Waals surface area contributed by atoms with Crippen LogP contribution in [0.25, 0.3) is 0 Å². The number of hydrogen-bond acceptors (Lipinski definition) is 2. The average molecular weight is 266 g/mol. The summed E-state index contributed by atoms with van der Waals surface area (Å²) in [5, 5.41) is 3.47. The van der Waals surface area contributed by atoms with Gasteiger partial charge in [0.25, 0.3) is 0 Å². The van der Waals surface area contributed by atoms with Crippen LogP contribution in [0.1, 0.15) is 53.4 Å². The van der Waals surface area contributed by atoms with Gasteiger partial charge < -0.3 is 10.2 Å². The molecular weight excluding hydrogens is 236 g/mol. The predicted octanol–water partition coefficient (Wildman–Crippen LogP) is 2.66. The molecule has 1 heterocycles. The maximum absolute atomic E-state index is 12.6. The minimum absolute atomic E-state index is 0.0725. The van der Waals surface area contributed by atoms with E-state index in [4.69, 9.17) is 0 Å². The monoisotopic (exact) mass is 266 g/mol. The molecule has 0 atom stereocenters. The summed E-state index contributed by atoms with van der Waals surface area (Å²) in [6, 6.07) is 0. The first-order valence-electron chi connectivity index (χ1n) is 7.93. The van der Waals surface area contributed by atoms with Gasteiger partial charge in [0.1, 0.15) is 0 Å². The first kappa shape index (κ1) is 14.8. The third-order valence-electron chi connectivity index (χ3n) is 4.95. The molecule has 1 saturated carbocycles. The number of amides is 1. The van der Waals surface area contributed by atoms with Crippen molar-refractivity contribution >= 4 is 5.91 Å². The van der Waals surface area contributed by atoms with Gasteiger partial charge in [0.15, 0.2) is 0 Å². The second-order valence-corrected chi connectivity index (χ2v) is 7.43. The van der Waals surface area contributed by atoms with Gasteiger partial charge in [-0.3, -0.25) is 4.79 Å². The Hall–Kier alpha value is -0.570. The number of nitrogens with zero attached hydrogens (tertiary/aromatic N) is 1. The van der Waals surface area contributed by atoms with E-state index in [1.165, 1.54) is 12.8 Å². The van der Waals surface area contributed by atoms with Gasteiger partial charge in [-0.2, -0.15) is 0 Å². The molecule has 2 rings (SSSR count). The Balaban J connectivity index is 1.87. The lowest BCUT2D eigenvalue weighted by Crippen LogP contribution is -2.59. The molecular formula is C16H30N2O. The van der Waals surface area contributed by atoms with Crippen molar-refractivity contribution in [3.63, 3.8) is 0 Å². The summed E-state index contributed by atoms with van der Waals surface area (Å²) < 4.78 is 0. The van der Waals surface area contributed by atoms with E-state index in [0.29, 0.717) is 11.8 Å². The molecule has 2 fully saturated rings. The van der Waals surface area contributed by atoms with E-state index in [2.05, 4.69) is 37.9 Å². The second-order valence-electron chi connectivity index (χ2n) is 7.43. The van der Waals surface area contributed by atoms with Crippen LogP contribution in [0.3, 0.4) is 0 Å². The van der Waals surface area contributed by atoms with Gasteiger partial charge >= 0.3 is 0 Å². The van der Waals surface area contributed by atoms with E-state index >= 15 is 0 Å². The van der Waals surface area contributed by atoms with Crippen LogP contribution in [0, 0.1) is 17.8 Å². The van der Waals surface area contributed by atoms with Crippen molar-refractivity contribution in [3.05, 3.63) is 0 Å². The topological polar surface area (TPSA) is 32.3 Å². The molecule has 0 spiro atoms. The molecule has 110 valence electrons. The van der Waals surface area contributed by atoms with Crippen LogP contribution in [0.15, 0.2) is 0 Å². The van der Waals surface area contributed by atoms with Crippen LogP contribution in [-0.2, 0) is 4.79 Å². The lowest BCUT2D eigenvalue weighted by atomic mass is 9.76. The van der Waals surface area contributed by atoms with Crippen molar-refractivity contribution < 1.29 is 4.79 Å². The van der Waals surface area contributed by atoms with Crippen molar-refractivity contribution in [2.24, 2.45) is 17.8 Å². The number of hydrogen-bond donors (Lipinski definition) is 1. The maximum atomic E-state index is 12.6. The molecule has 3 heteroatoms. The van der Waals surface area contributed by atoms with E-state index < -0.39 is 0 Å². The van der Waals surface area contributed by atoms with Crippen molar-refractivity contribution in [2.45, 2.75) is 58.9 Å². The smallest absolute Gasteiger partial charge is 0.225 e. The molecule has 0 aromatic heterocycles. The molecule has 0 bridgehead atoms. The lowest BCUT2D eigenvalue weighted by molar-refractivity contribution is -0.139. The highest BCUT2D eigenvalue weighted by Gasteiger charge is 2.34. The summed E-state index contributed by atoms with van der Waals surface area (Å²) in [4.78, 5) is 14.7. The van der Waals surface area contributed by atoms with Crippen molar-refractivity contribution in [2.75, 3.05) is 19.6 Å². The number of carbonyl (C=O) groups excluding carboxylic acids is 1. The van der Waals surface area contributed by atoms with E-state index in [9.17, 15) is 4.79 Å². The van der Waals surface area contributed by atoms with Crippen LogP contribution in [0.4, 0.5) is 0 Å². The van der Waals surface area contributed by atoms with E-state index in [1.54, 1.807) is 0 Å². The summed E-state index contributed by atoms with van der Waals surface area (Å²) in [5.74, 6) is 2.32. The molecule has 0 aromatic carbocycles. The summed E-state index contributed by atoms with van der Waals surface area (Å²) in [6.07, 6.45) is 4.69. The van der Waals surface area contributed by atoms with Gasteiger partial charge in [-0.25, -0.2) is 0 Å². The van der Waals surface area contributed by atoms with Crippen LogP contribution in [-0.4, -0.2) is 36.0 Å². The second kappa shape index (κ2) is 5.82.